The SMILES string of the molecule is COC(=O)C1=CC2Oc3ccccc3NCC2C=C1. The number of rotatable bonds is 1. The minimum Gasteiger partial charge on any atom is -0.483 e. The number of carbonyl (C=O) groups is 1. The summed E-state index contributed by atoms with van der Waals surface area (Å²) in [6.07, 6.45) is 5.49. The first kappa shape index (κ1) is 11.8. The maximum absolute atomic E-state index is 11.6. The third kappa shape index (κ3) is 2.21. The van der Waals surface area contributed by atoms with Crippen LogP contribution in [0.1, 0.15) is 0 Å². The van der Waals surface area contributed by atoms with Gasteiger partial charge in [0, 0.05) is 12.5 Å². The lowest BCUT2D eigenvalue weighted by molar-refractivity contribution is -0.135. The van der Waals surface area contributed by atoms with Gasteiger partial charge in [-0.1, -0.05) is 24.3 Å². The molecule has 1 aliphatic carbocycles. The Kier molecular flexibility index (Phi) is 2.99. The third-order valence-corrected chi connectivity index (χ3v) is 3.39. The molecule has 1 aromatic carbocycles. The van der Waals surface area contributed by atoms with Gasteiger partial charge >= 0.3 is 5.97 Å². The van der Waals surface area contributed by atoms with E-state index in [0.29, 0.717) is 5.57 Å². The number of para-hydroxylation sites is 2. The van der Waals surface area contributed by atoms with E-state index in [1.807, 2.05) is 36.4 Å². The minimum atomic E-state index is -0.330. The zero-order chi connectivity index (χ0) is 13.2. The van der Waals surface area contributed by atoms with Gasteiger partial charge in [-0.15, -0.1) is 0 Å². The van der Waals surface area contributed by atoms with Gasteiger partial charge in [0.1, 0.15) is 11.9 Å². The number of hydrogen-bond donors (Lipinski definition) is 1. The average Bonchev–Trinajstić information content (AvgIpc) is 2.64. The number of carbonyl (C=O) groups excluding carboxylic acids is 1. The molecule has 0 aromatic heterocycles. The van der Waals surface area contributed by atoms with Gasteiger partial charge in [-0.2, -0.15) is 0 Å². The number of benzene rings is 1. The van der Waals surface area contributed by atoms with Gasteiger partial charge in [0.25, 0.3) is 0 Å². The highest BCUT2D eigenvalue weighted by Gasteiger charge is 2.28. The number of anilines is 1. The first-order chi connectivity index (χ1) is 9.28. The van der Waals surface area contributed by atoms with Crippen molar-refractivity contribution in [3.63, 3.8) is 0 Å². The topological polar surface area (TPSA) is 47.6 Å². The monoisotopic (exact) mass is 257 g/mol. The molecule has 3 rings (SSSR count). The lowest BCUT2D eigenvalue weighted by atomic mass is 9.94. The molecule has 0 spiro atoms. The Hall–Kier alpha value is -2.23. The Morgan fingerprint density at radius 2 is 2.26 bits per heavy atom. The molecule has 0 fully saturated rings. The van der Waals surface area contributed by atoms with Crippen molar-refractivity contribution in [1.82, 2.24) is 0 Å². The molecule has 0 saturated heterocycles. The van der Waals surface area contributed by atoms with Crippen molar-refractivity contribution in [2.45, 2.75) is 6.10 Å². The smallest absolute Gasteiger partial charge is 0.337 e. The molecule has 1 heterocycles. The minimum absolute atomic E-state index is 0.143. The van der Waals surface area contributed by atoms with Crippen molar-refractivity contribution in [2.75, 3.05) is 19.0 Å². The number of nitrogens with one attached hydrogen (secondary N) is 1. The molecule has 0 bridgehead atoms. The van der Waals surface area contributed by atoms with Crippen molar-refractivity contribution >= 4 is 11.7 Å². The van der Waals surface area contributed by atoms with Gasteiger partial charge in [0.2, 0.25) is 0 Å². The number of hydrogen-bond acceptors (Lipinski definition) is 4. The molecule has 4 heteroatoms. The molecular formula is C15H15NO3. The standard InChI is InChI=1S/C15H15NO3/c1-18-15(17)10-6-7-11-9-16-12-4-2-3-5-13(12)19-14(11)8-10/h2-8,11,14,16H,9H2,1H3. The third-order valence-electron chi connectivity index (χ3n) is 3.39. The molecule has 4 nitrogen and oxygen atoms in total. The number of fused-ring (bicyclic) bond motifs is 2. The Balaban J connectivity index is 1.90. The van der Waals surface area contributed by atoms with Gasteiger partial charge in [-0.25, -0.2) is 4.79 Å². The predicted octanol–water partition coefficient (Wildman–Crippen LogP) is 2.14. The highest BCUT2D eigenvalue weighted by atomic mass is 16.5. The molecule has 0 amide bonds. The van der Waals surface area contributed by atoms with Crippen LogP contribution < -0.4 is 10.1 Å². The molecule has 2 atom stereocenters. The van der Waals surface area contributed by atoms with E-state index in [1.54, 1.807) is 6.08 Å². The van der Waals surface area contributed by atoms with Crippen LogP contribution in [0.3, 0.4) is 0 Å². The van der Waals surface area contributed by atoms with Gasteiger partial charge in [0.05, 0.1) is 18.4 Å². The van der Waals surface area contributed by atoms with Crippen molar-refractivity contribution in [2.24, 2.45) is 5.92 Å². The van der Waals surface area contributed by atoms with Crippen LogP contribution in [0.4, 0.5) is 5.69 Å². The van der Waals surface area contributed by atoms with Crippen LogP contribution in [0.15, 0.2) is 48.1 Å². The fraction of sp³-hybridized carbons (Fsp3) is 0.267. The van der Waals surface area contributed by atoms with Crippen LogP contribution in [-0.2, 0) is 9.53 Å². The van der Waals surface area contributed by atoms with E-state index in [4.69, 9.17) is 9.47 Å². The highest BCUT2D eigenvalue weighted by molar-refractivity contribution is 5.91. The summed E-state index contributed by atoms with van der Waals surface area (Å²) in [4.78, 5) is 11.6. The average molecular weight is 257 g/mol. The van der Waals surface area contributed by atoms with Crippen molar-refractivity contribution < 1.29 is 14.3 Å². The Bertz CT molecular complexity index is 562. The van der Waals surface area contributed by atoms with Crippen LogP contribution in [0, 0.1) is 5.92 Å². The number of ether oxygens (including phenoxy) is 2. The van der Waals surface area contributed by atoms with E-state index in [9.17, 15) is 4.79 Å². The largest absolute Gasteiger partial charge is 0.483 e. The van der Waals surface area contributed by atoms with Crippen molar-refractivity contribution in [3.05, 3.63) is 48.1 Å². The van der Waals surface area contributed by atoms with Crippen LogP contribution >= 0.6 is 0 Å². The van der Waals surface area contributed by atoms with Crippen LogP contribution in [-0.4, -0.2) is 25.7 Å². The molecule has 2 unspecified atom stereocenters. The van der Waals surface area contributed by atoms with Crippen LogP contribution in [0.2, 0.25) is 0 Å². The van der Waals surface area contributed by atoms with Crippen molar-refractivity contribution in [1.29, 1.82) is 0 Å². The summed E-state index contributed by atoms with van der Waals surface area (Å²) >= 11 is 0. The first-order valence-corrected chi connectivity index (χ1v) is 6.26. The molecule has 0 radical (unpaired) electrons. The molecule has 1 aliphatic heterocycles. The fourth-order valence-electron chi connectivity index (χ4n) is 2.34. The quantitative estimate of drug-likeness (QED) is 0.783. The molecule has 0 saturated carbocycles. The summed E-state index contributed by atoms with van der Waals surface area (Å²) < 4.78 is 10.7. The maximum atomic E-state index is 11.6. The maximum Gasteiger partial charge on any atom is 0.337 e. The Morgan fingerprint density at radius 3 is 3.11 bits per heavy atom. The van der Waals surface area contributed by atoms with Crippen LogP contribution in [0.5, 0.6) is 5.75 Å². The summed E-state index contributed by atoms with van der Waals surface area (Å²) in [6.45, 7) is 0.781. The molecule has 1 aromatic rings. The molecule has 1 N–H and O–H groups in total. The van der Waals surface area contributed by atoms with E-state index < -0.39 is 0 Å². The molecule has 98 valence electrons. The van der Waals surface area contributed by atoms with Crippen molar-refractivity contribution in [3.8, 4) is 5.75 Å². The normalized spacial score (nSPS) is 23.9. The van der Waals surface area contributed by atoms with Gasteiger partial charge < -0.3 is 14.8 Å². The lowest BCUT2D eigenvalue weighted by Crippen LogP contribution is -2.29. The zero-order valence-corrected chi connectivity index (χ0v) is 10.6. The number of esters is 1. The molecule has 2 aliphatic rings. The van der Waals surface area contributed by atoms with E-state index >= 15 is 0 Å². The van der Waals surface area contributed by atoms with E-state index in [1.165, 1.54) is 7.11 Å². The first-order valence-electron chi connectivity index (χ1n) is 6.26. The fourth-order valence-corrected chi connectivity index (χ4v) is 2.34. The molecular weight excluding hydrogens is 242 g/mol. The zero-order valence-electron chi connectivity index (χ0n) is 10.6. The second-order valence-electron chi connectivity index (χ2n) is 4.60. The predicted molar refractivity (Wildman–Crippen MR) is 72.1 cm³/mol. The Labute approximate surface area is 111 Å². The van der Waals surface area contributed by atoms with Crippen LogP contribution in [0.25, 0.3) is 0 Å². The number of methoxy groups -OCH3 is 1. The van der Waals surface area contributed by atoms with E-state index in [0.717, 1.165) is 18.0 Å². The summed E-state index contributed by atoms with van der Waals surface area (Å²) in [5.41, 5.74) is 1.53. The van der Waals surface area contributed by atoms with E-state index in [2.05, 4.69) is 5.32 Å². The summed E-state index contributed by atoms with van der Waals surface area (Å²) in [5, 5.41) is 3.36. The summed E-state index contributed by atoms with van der Waals surface area (Å²) in [7, 11) is 1.38. The second-order valence-corrected chi connectivity index (χ2v) is 4.60. The van der Waals surface area contributed by atoms with Gasteiger partial charge in [-0.3, -0.25) is 0 Å². The summed E-state index contributed by atoms with van der Waals surface area (Å²) in [5.74, 6) is 0.690. The molecule has 19 heavy (non-hydrogen) atoms. The summed E-state index contributed by atoms with van der Waals surface area (Å²) in [6, 6.07) is 7.82. The van der Waals surface area contributed by atoms with Gasteiger partial charge in [-0.05, 0) is 18.2 Å². The van der Waals surface area contributed by atoms with Gasteiger partial charge in [0.15, 0.2) is 0 Å². The highest BCUT2D eigenvalue weighted by Crippen LogP contribution is 2.32. The lowest BCUT2D eigenvalue weighted by Gasteiger charge is -2.23. The van der Waals surface area contributed by atoms with E-state index in [-0.39, 0.29) is 18.0 Å². The Morgan fingerprint density at radius 1 is 1.42 bits per heavy atom. The second kappa shape index (κ2) is 4.80.